The molecule has 0 spiro atoms. The third-order valence-corrected chi connectivity index (χ3v) is 4.63. The first-order valence-corrected chi connectivity index (χ1v) is 6.70. The summed E-state index contributed by atoms with van der Waals surface area (Å²) in [6, 6.07) is 8.76. The molecule has 2 rings (SSSR count). The van der Waals surface area contributed by atoms with E-state index in [1.165, 1.54) is 17.1 Å². The minimum Gasteiger partial charge on any atom is -0.359 e. The highest BCUT2D eigenvalue weighted by Crippen LogP contribution is 2.40. The Balaban J connectivity index is 2.61. The van der Waals surface area contributed by atoms with Crippen molar-refractivity contribution in [1.82, 2.24) is 10.0 Å². The molecule has 0 bridgehead atoms. The Morgan fingerprint density at radius 3 is 2.10 bits per heavy atom. The summed E-state index contributed by atoms with van der Waals surface area (Å²) in [5, 5.41) is 2.62. The molecule has 1 aliphatic rings. The van der Waals surface area contributed by atoms with E-state index in [9.17, 15) is 0 Å². The molecule has 0 aliphatic carbocycles. The fraction of sp³-hybridized carbons (Fsp3) is 0.538. The van der Waals surface area contributed by atoms with Gasteiger partial charge in [0.15, 0.2) is 11.5 Å². The molecular weight excluding hydrogens is 270 g/mol. The van der Waals surface area contributed by atoms with Crippen molar-refractivity contribution < 1.29 is 4.74 Å². The van der Waals surface area contributed by atoms with Crippen LogP contribution in [-0.4, -0.2) is 34.6 Å². The maximum absolute atomic E-state index is 6.52. The normalized spacial score (nSPS) is 42.2. The van der Waals surface area contributed by atoms with Crippen molar-refractivity contribution in [3.8, 4) is 0 Å². The van der Waals surface area contributed by atoms with Crippen LogP contribution in [0.2, 0.25) is 0 Å². The molecule has 1 fully saturated rings. The number of ether oxygens (including phenoxy) is 1. The van der Waals surface area contributed by atoms with Crippen LogP contribution in [0, 0.1) is 0 Å². The summed E-state index contributed by atoms with van der Waals surface area (Å²) in [6.07, 6.45) is 0. The van der Waals surface area contributed by atoms with Crippen molar-refractivity contribution in [2.75, 3.05) is 7.11 Å². The number of hydrogen-bond acceptors (Lipinski definition) is 8. The molecule has 0 aromatic heterocycles. The summed E-state index contributed by atoms with van der Waals surface area (Å²) in [5.41, 5.74) is 17.4. The van der Waals surface area contributed by atoms with Crippen molar-refractivity contribution in [1.29, 1.82) is 0 Å². The van der Waals surface area contributed by atoms with Crippen LogP contribution < -0.4 is 28.9 Å². The minimum absolute atomic E-state index is 0.484. The van der Waals surface area contributed by atoms with Crippen molar-refractivity contribution >= 4 is 0 Å². The quantitative estimate of drug-likeness (QED) is 0.327. The average molecular weight is 295 g/mol. The van der Waals surface area contributed by atoms with Crippen LogP contribution in [-0.2, 0) is 10.5 Å². The van der Waals surface area contributed by atoms with Crippen LogP contribution >= 0.6 is 0 Å². The fourth-order valence-corrected chi connectivity index (χ4v) is 2.94. The van der Waals surface area contributed by atoms with Gasteiger partial charge < -0.3 is 10.5 Å². The lowest BCUT2D eigenvalue weighted by atomic mass is 9.84. The summed E-state index contributed by atoms with van der Waals surface area (Å²) in [4.78, 5) is 0. The van der Waals surface area contributed by atoms with Gasteiger partial charge in [-0.1, -0.05) is 30.3 Å². The van der Waals surface area contributed by atoms with Gasteiger partial charge in [-0.2, -0.15) is 5.01 Å². The van der Waals surface area contributed by atoms with Crippen molar-refractivity contribution in [2.24, 2.45) is 28.9 Å². The highest BCUT2D eigenvalue weighted by molar-refractivity contribution is 5.26. The zero-order chi connectivity index (χ0) is 16.1. The molecule has 0 saturated carbocycles. The Bertz CT molecular complexity index is 511. The van der Waals surface area contributed by atoms with Gasteiger partial charge in [0.25, 0.3) is 0 Å². The fourth-order valence-electron chi connectivity index (χ4n) is 2.94. The predicted molar refractivity (Wildman–Crippen MR) is 80.3 cm³/mol. The molecule has 4 unspecified atom stereocenters. The summed E-state index contributed by atoms with van der Waals surface area (Å²) in [5.74, 6) is 11.1. The van der Waals surface area contributed by atoms with E-state index in [0.717, 1.165) is 0 Å². The lowest BCUT2D eigenvalue weighted by molar-refractivity contribution is -0.282. The van der Waals surface area contributed by atoms with E-state index >= 15 is 0 Å². The second kappa shape index (κ2) is 4.97. The van der Waals surface area contributed by atoms with Crippen LogP contribution in [0.25, 0.3) is 0 Å². The Morgan fingerprint density at radius 1 is 1.10 bits per heavy atom. The van der Waals surface area contributed by atoms with Gasteiger partial charge in [0, 0.05) is 12.7 Å². The average Bonchev–Trinajstić information content (AvgIpc) is 2.50. The van der Waals surface area contributed by atoms with Crippen molar-refractivity contribution in [3.05, 3.63) is 35.9 Å². The first-order chi connectivity index (χ1) is 9.64. The van der Waals surface area contributed by atoms with E-state index < -0.39 is 23.2 Å². The Hall–Kier alpha value is -1.10. The van der Waals surface area contributed by atoms with Crippen LogP contribution in [0.5, 0.6) is 0 Å². The molecule has 10 N–H and O–H groups in total. The molecule has 0 amide bonds. The lowest BCUT2D eigenvalue weighted by Crippen LogP contribution is -2.92. The van der Waals surface area contributed by atoms with Gasteiger partial charge >= 0.3 is 0 Å². The van der Waals surface area contributed by atoms with Crippen LogP contribution in [0.3, 0.4) is 0 Å². The van der Waals surface area contributed by atoms with E-state index in [2.05, 4.69) is 0 Å². The molecule has 1 aromatic carbocycles. The zero-order valence-corrected chi connectivity index (χ0v) is 12.7. The maximum Gasteiger partial charge on any atom is 0.180 e. The number of rotatable bonds is 2. The van der Waals surface area contributed by atoms with Gasteiger partial charge in [-0.25, -0.2) is 5.01 Å². The number of nitrogens with zero attached hydrogens (tertiary/aromatic N) is 2. The molecule has 1 heterocycles. The molecule has 1 aliphatic heterocycles. The maximum atomic E-state index is 6.52. The smallest absolute Gasteiger partial charge is 0.180 e. The molecule has 1 saturated heterocycles. The third-order valence-electron chi connectivity index (χ3n) is 4.63. The molecule has 8 heteroatoms. The third kappa shape index (κ3) is 1.93. The van der Waals surface area contributed by atoms with Crippen LogP contribution in [0.4, 0.5) is 0 Å². The number of nitrogens with two attached hydrogens (primary N) is 5. The summed E-state index contributed by atoms with van der Waals surface area (Å²) in [6.45, 7) is 3.47. The first-order valence-electron chi connectivity index (χ1n) is 6.70. The molecule has 118 valence electrons. The Morgan fingerprint density at radius 2 is 1.62 bits per heavy atom. The summed E-state index contributed by atoms with van der Waals surface area (Å²) >= 11 is 0. The van der Waals surface area contributed by atoms with Gasteiger partial charge in [0.2, 0.25) is 0 Å². The molecule has 1 aromatic rings. The van der Waals surface area contributed by atoms with E-state index in [1.54, 1.807) is 13.8 Å². The van der Waals surface area contributed by atoms with Gasteiger partial charge in [-0.05, 0) is 13.8 Å². The summed E-state index contributed by atoms with van der Waals surface area (Å²) in [7, 11) is 1.47. The first kappa shape index (κ1) is 16.3. The minimum atomic E-state index is -1.31. The van der Waals surface area contributed by atoms with E-state index in [-0.39, 0.29) is 0 Å². The highest BCUT2D eigenvalue weighted by atomic mass is 16.5. The predicted octanol–water partition coefficient (Wildman–Crippen LogP) is -1.51. The SMILES string of the molecule is COC1(N)C(C)N(N)C(N)(c2ccccc2)N(N)C1(C)N. The standard InChI is InChI=1S/C13H25N7O/c1-9-12(15,21-3)11(2,14)20(18)13(16,19(9)17)10-7-5-4-6-8-10/h4-9H,14-18H2,1-3H3. The largest absolute Gasteiger partial charge is 0.359 e. The second-order valence-corrected chi connectivity index (χ2v) is 5.69. The summed E-state index contributed by atoms with van der Waals surface area (Å²) < 4.78 is 5.43. The molecule has 4 atom stereocenters. The lowest BCUT2D eigenvalue weighted by Gasteiger charge is -2.63. The Kier molecular flexibility index (Phi) is 3.85. The zero-order valence-electron chi connectivity index (χ0n) is 12.7. The van der Waals surface area contributed by atoms with Gasteiger partial charge in [0.05, 0.1) is 6.04 Å². The van der Waals surface area contributed by atoms with E-state index in [0.29, 0.717) is 5.56 Å². The van der Waals surface area contributed by atoms with Crippen molar-refractivity contribution in [3.63, 3.8) is 0 Å². The van der Waals surface area contributed by atoms with Gasteiger partial charge in [0.1, 0.15) is 5.66 Å². The van der Waals surface area contributed by atoms with Crippen molar-refractivity contribution in [2.45, 2.75) is 37.1 Å². The second-order valence-electron chi connectivity index (χ2n) is 5.69. The number of hydrogen-bond donors (Lipinski definition) is 5. The topological polar surface area (TPSA) is 146 Å². The van der Waals surface area contributed by atoms with Gasteiger partial charge in [-0.15, -0.1) is 0 Å². The molecule has 0 radical (unpaired) electrons. The molecule has 8 nitrogen and oxygen atoms in total. The van der Waals surface area contributed by atoms with Crippen LogP contribution in [0.1, 0.15) is 19.4 Å². The number of hydrazine groups is 2. The van der Waals surface area contributed by atoms with E-state index in [4.69, 9.17) is 33.6 Å². The van der Waals surface area contributed by atoms with Gasteiger partial charge in [-0.3, -0.25) is 23.2 Å². The van der Waals surface area contributed by atoms with Crippen LogP contribution in [0.15, 0.2) is 30.3 Å². The number of methoxy groups -OCH3 is 1. The van der Waals surface area contributed by atoms with E-state index in [1.807, 2.05) is 30.3 Å². The highest BCUT2D eigenvalue weighted by Gasteiger charge is 2.64. The molecular formula is C13H25N7O. The Labute approximate surface area is 124 Å². The molecule has 21 heavy (non-hydrogen) atoms. The number of benzene rings is 1. The monoisotopic (exact) mass is 295 g/mol.